The summed E-state index contributed by atoms with van der Waals surface area (Å²) in [5, 5.41) is 18.0. The molecule has 0 spiro atoms. The van der Waals surface area contributed by atoms with Crippen LogP contribution in [-0.4, -0.2) is 16.0 Å². The van der Waals surface area contributed by atoms with Gasteiger partial charge in [-0.3, -0.25) is 4.79 Å². The molecule has 1 aromatic carbocycles. The van der Waals surface area contributed by atoms with Crippen LogP contribution in [0.3, 0.4) is 0 Å². The van der Waals surface area contributed by atoms with Crippen LogP contribution in [0.2, 0.25) is 0 Å². The lowest BCUT2D eigenvalue weighted by Gasteiger charge is -2.07. The molecule has 0 amide bonds. The van der Waals surface area contributed by atoms with Crippen LogP contribution in [-0.2, 0) is 0 Å². The maximum atomic E-state index is 13.2. The topological polar surface area (TPSA) is 57.5 Å². The van der Waals surface area contributed by atoms with Crippen LogP contribution in [0.4, 0.5) is 4.39 Å². The van der Waals surface area contributed by atoms with E-state index in [1.165, 1.54) is 0 Å². The fraction of sp³-hybridized carbons (Fsp3) is 0.300. The van der Waals surface area contributed by atoms with Gasteiger partial charge in [-0.2, -0.15) is 0 Å². The third kappa shape index (κ3) is 1.69. The summed E-state index contributed by atoms with van der Waals surface area (Å²) in [5.74, 6) is -3.27. The van der Waals surface area contributed by atoms with Crippen LogP contribution in [0.25, 0.3) is 0 Å². The average Bonchev–Trinajstić information content (AvgIpc) is 2.13. The molecule has 0 aliphatic rings. The minimum absolute atomic E-state index is 0.199. The zero-order valence-corrected chi connectivity index (χ0v) is 7.91. The smallest absolute Gasteiger partial charge is 0.194 e. The summed E-state index contributed by atoms with van der Waals surface area (Å²) < 4.78 is 13.2. The summed E-state index contributed by atoms with van der Waals surface area (Å²) >= 11 is 0. The quantitative estimate of drug-likeness (QED) is 0.565. The number of rotatable bonds is 2. The predicted octanol–water partition coefficient (Wildman–Crippen LogP) is 2.08. The van der Waals surface area contributed by atoms with Crippen molar-refractivity contribution in [3.8, 4) is 11.5 Å². The molecule has 2 N–H and O–H groups in total. The van der Waals surface area contributed by atoms with Crippen molar-refractivity contribution in [2.45, 2.75) is 13.8 Å². The third-order valence-corrected chi connectivity index (χ3v) is 1.88. The minimum atomic E-state index is -1.07. The van der Waals surface area contributed by atoms with Crippen LogP contribution in [0.15, 0.2) is 12.1 Å². The summed E-state index contributed by atoms with van der Waals surface area (Å²) in [6.07, 6.45) is 0. The molecule has 0 unspecified atom stereocenters. The van der Waals surface area contributed by atoms with Crippen LogP contribution in [0.5, 0.6) is 11.5 Å². The Bertz CT molecular complexity index is 372. The number of phenols is 2. The number of halogens is 1. The summed E-state index contributed by atoms with van der Waals surface area (Å²) in [6, 6.07) is 2.25. The molecule has 0 radical (unpaired) electrons. The Morgan fingerprint density at radius 2 is 1.93 bits per heavy atom. The molecule has 14 heavy (non-hydrogen) atoms. The second kappa shape index (κ2) is 3.65. The molecule has 0 saturated heterocycles. The number of ketones is 1. The predicted molar refractivity (Wildman–Crippen MR) is 48.9 cm³/mol. The first-order valence-electron chi connectivity index (χ1n) is 4.19. The first kappa shape index (κ1) is 10.5. The normalized spacial score (nSPS) is 10.6. The van der Waals surface area contributed by atoms with E-state index < -0.39 is 23.1 Å². The Kier molecular flexibility index (Phi) is 2.74. The number of carbonyl (C=O) groups is 1. The van der Waals surface area contributed by atoms with E-state index in [0.29, 0.717) is 0 Å². The minimum Gasteiger partial charge on any atom is -0.504 e. The van der Waals surface area contributed by atoms with E-state index in [4.69, 9.17) is 10.2 Å². The van der Waals surface area contributed by atoms with E-state index in [1.54, 1.807) is 13.8 Å². The van der Waals surface area contributed by atoms with Crippen molar-refractivity contribution in [1.29, 1.82) is 0 Å². The highest BCUT2D eigenvalue weighted by Crippen LogP contribution is 2.30. The zero-order valence-electron chi connectivity index (χ0n) is 7.91. The summed E-state index contributed by atoms with van der Waals surface area (Å²) in [7, 11) is 0. The van der Waals surface area contributed by atoms with Gasteiger partial charge in [0.2, 0.25) is 0 Å². The molecule has 1 aromatic rings. The van der Waals surface area contributed by atoms with Crippen LogP contribution < -0.4 is 0 Å². The number of benzene rings is 1. The van der Waals surface area contributed by atoms with Crippen molar-refractivity contribution >= 4 is 5.78 Å². The van der Waals surface area contributed by atoms with Gasteiger partial charge in [0, 0.05) is 5.92 Å². The van der Waals surface area contributed by atoms with Crippen molar-refractivity contribution in [3.05, 3.63) is 23.5 Å². The molecule has 4 heteroatoms. The second-order valence-electron chi connectivity index (χ2n) is 3.31. The van der Waals surface area contributed by atoms with Crippen molar-refractivity contribution in [2.24, 2.45) is 5.92 Å². The Balaban J connectivity index is 3.24. The molecule has 76 valence electrons. The molecule has 1 rings (SSSR count). The summed E-state index contributed by atoms with van der Waals surface area (Å²) in [4.78, 5) is 11.4. The van der Waals surface area contributed by atoms with Crippen molar-refractivity contribution in [1.82, 2.24) is 0 Å². The first-order valence-corrected chi connectivity index (χ1v) is 4.19. The van der Waals surface area contributed by atoms with E-state index in [1.807, 2.05) is 0 Å². The molecule has 0 saturated carbocycles. The maximum Gasteiger partial charge on any atom is 0.194 e. The number of Topliss-reactive ketones (excluding diaryl/α,β-unsaturated/α-hetero) is 1. The molecule has 0 aliphatic carbocycles. The molecule has 0 heterocycles. The van der Waals surface area contributed by atoms with Crippen molar-refractivity contribution < 1.29 is 19.4 Å². The van der Waals surface area contributed by atoms with E-state index in [9.17, 15) is 9.18 Å². The number of hydrogen-bond acceptors (Lipinski definition) is 3. The largest absolute Gasteiger partial charge is 0.504 e. The SMILES string of the molecule is CC(C)C(=O)c1ccc(O)c(O)c1F. The van der Waals surface area contributed by atoms with Gasteiger partial charge in [-0.15, -0.1) is 0 Å². The Labute approximate surface area is 80.8 Å². The molecule has 0 bridgehead atoms. The summed E-state index contributed by atoms with van der Waals surface area (Å²) in [5.41, 5.74) is -0.199. The fourth-order valence-electron chi connectivity index (χ4n) is 1.06. The van der Waals surface area contributed by atoms with Gasteiger partial charge in [-0.1, -0.05) is 13.8 Å². The van der Waals surface area contributed by atoms with Crippen molar-refractivity contribution in [3.63, 3.8) is 0 Å². The van der Waals surface area contributed by atoms with Gasteiger partial charge in [0.15, 0.2) is 23.1 Å². The van der Waals surface area contributed by atoms with Gasteiger partial charge >= 0.3 is 0 Å². The molecular formula is C10H11FO3. The first-order chi connectivity index (χ1) is 6.45. The number of hydrogen-bond donors (Lipinski definition) is 2. The maximum absolute atomic E-state index is 13.2. The molecule has 0 atom stereocenters. The van der Waals surface area contributed by atoms with Gasteiger partial charge < -0.3 is 10.2 Å². The Morgan fingerprint density at radius 3 is 2.43 bits per heavy atom. The van der Waals surface area contributed by atoms with Crippen LogP contribution >= 0.6 is 0 Å². The van der Waals surface area contributed by atoms with Gasteiger partial charge in [-0.05, 0) is 12.1 Å². The Hall–Kier alpha value is -1.58. The lowest BCUT2D eigenvalue weighted by molar-refractivity contribution is 0.0934. The lowest BCUT2D eigenvalue weighted by Crippen LogP contribution is -2.09. The van der Waals surface area contributed by atoms with E-state index in [-0.39, 0.29) is 11.5 Å². The molecule has 0 aromatic heterocycles. The molecule has 3 nitrogen and oxygen atoms in total. The van der Waals surface area contributed by atoms with Gasteiger partial charge in [0.05, 0.1) is 5.56 Å². The summed E-state index contributed by atoms with van der Waals surface area (Å²) in [6.45, 7) is 3.26. The van der Waals surface area contributed by atoms with Gasteiger partial charge in [0.25, 0.3) is 0 Å². The van der Waals surface area contributed by atoms with E-state index in [2.05, 4.69) is 0 Å². The molecule has 0 aliphatic heterocycles. The highest BCUT2D eigenvalue weighted by Gasteiger charge is 2.19. The van der Waals surface area contributed by atoms with Gasteiger partial charge in [-0.25, -0.2) is 4.39 Å². The number of aromatic hydroxyl groups is 2. The standard InChI is InChI=1S/C10H11FO3/c1-5(2)9(13)6-3-4-7(12)10(14)8(6)11/h3-5,12,14H,1-2H3. The number of phenolic OH excluding ortho intramolecular Hbond substituents is 2. The van der Waals surface area contributed by atoms with E-state index in [0.717, 1.165) is 12.1 Å². The fourth-order valence-corrected chi connectivity index (χ4v) is 1.06. The molecule has 0 fully saturated rings. The van der Waals surface area contributed by atoms with Crippen LogP contribution in [0.1, 0.15) is 24.2 Å². The van der Waals surface area contributed by atoms with Crippen LogP contribution in [0, 0.1) is 11.7 Å². The average molecular weight is 198 g/mol. The Morgan fingerprint density at radius 1 is 1.36 bits per heavy atom. The van der Waals surface area contributed by atoms with E-state index >= 15 is 0 Å². The monoisotopic (exact) mass is 198 g/mol. The lowest BCUT2D eigenvalue weighted by atomic mass is 10.0. The second-order valence-corrected chi connectivity index (χ2v) is 3.31. The highest BCUT2D eigenvalue weighted by molar-refractivity contribution is 5.98. The van der Waals surface area contributed by atoms with Crippen molar-refractivity contribution in [2.75, 3.05) is 0 Å². The molecular weight excluding hydrogens is 187 g/mol. The zero-order chi connectivity index (χ0) is 10.9. The number of carbonyl (C=O) groups excluding carboxylic acids is 1. The highest BCUT2D eigenvalue weighted by atomic mass is 19.1. The third-order valence-electron chi connectivity index (χ3n) is 1.88. The van der Waals surface area contributed by atoms with Gasteiger partial charge in [0.1, 0.15) is 0 Å².